The molecule has 0 spiro atoms. The third-order valence-corrected chi connectivity index (χ3v) is 3.77. The fourth-order valence-corrected chi connectivity index (χ4v) is 2.46. The number of nitrogens with zero attached hydrogens (tertiary/aromatic N) is 1. The number of carbonyl (C=O) groups is 1. The largest absolute Gasteiger partial charge is 0.493 e. The summed E-state index contributed by atoms with van der Waals surface area (Å²) in [5, 5.41) is 0. The van der Waals surface area contributed by atoms with Crippen LogP contribution in [0.25, 0.3) is 11.3 Å². The summed E-state index contributed by atoms with van der Waals surface area (Å²) in [6, 6.07) is 11.0. The molecular weight excluding hydrogens is 278 g/mol. The van der Waals surface area contributed by atoms with Crippen LogP contribution >= 0.6 is 0 Å². The number of benzene rings is 1. The molecule has 0 N–H and O–H groups in total. The molecule has 1 aromatic heterocycles. The van der Waals surface area contributed by atoms with Gasteiger partial charge < -0.3 is 9.30 Å². The van der Waals surface area contributed by atoms with Gasteiger partial charge in [-0.2, -0.15) is 0 Å². The zero-order valence-corrected chi connectivity index (χ0v) is 13.2. The fraction of sp³-hybridized carbons (Fsp3) is 0.333. The Hall–Kier alpha value is -2.36. The summed E-state index contributed by atoms with van der Waals surface area (Å²) in [5.74, 6) is 0.736. The highest BCUT2D eigenvalue weighted by Gasteiger charge is 2.16. The van der Waals surface area contributed by atoms with E-state index < -0.39 is 0 Å². The number of aldehydes is 1. The number of hydrogen-bond acceptors (Lipinski definition) is 3. The van der Waals surface area contributed by atoms with E-state index in [2.05, 4.69) is 0 Å². The van der Waals surface area contributed by atoms with Crippen molar-refractivity contribution in [3.05, 3.63) is 52.3 Å². The average Bonchev–Trinajstić information content (AvgIpc) is 2.54. The highest BCUT2D eigenvalue weighted by Crippen LogP contribution is 2.31. The van der Waals surface area contributed by atoms with E-state index >= 15 is 0 Å². The lowest BCUT2D eigenvalue weighted by molar-refractivity contribution is 0.112. The molecule has 116 valence electrons. The second-order valence-corrected chi connectivity index (χ2v) is 5.15. The van der Waals surface area contributed by atoms with Crippen LogP contribution in [-0.2, 0) is 0 Å². The van der Waals surface area contributed by atoms with Crippen molar-refractivity contribution in [2.45, 2.75) is 33.2 Å². The quantitative estimate of drug-likeness (QED) is 0.764. The molecule has 0 fully saturated rings. The minimum Gasteiger partial charge on any atom is -0.493 e. The highest BCUT2D eigenvalue weighted by molar-refractivity contribution is 5.76. The lowest BCUT2D eigenvalue weighted by Crippen LogP contribution is -2.27. The van der Waals surface area contributed by atoms with Crippen LogP contribution in [0, 0.1) is 0 Å². The Morgan fingerprint density at radius 1 is 1.18 bits per heavy atom. The Morgan fingerprint density at radius 3 is 2.55 bits per heavy atom. The summed E-state index contributed by atoms with van der Waals surface area (Å²) >= 11 is 0. The van der Waals surface area contributed by atoms with Gasteiger partial charge in [-0.3, -0.25) is 9.59 Å². The molecule has 1 heterocycles. The lowest BCUT2D eigenvalue weighted by Gasteiger charge is -2.20. The maximum atomic E-state index is 12.6. The number of aromatic nitrogens is 1. The second kappa shape index (κ2) is 7.07. The van der Waals surface area contributed by atoms with Crippen LogP contribution in [0.3, 0.4) is 0 Å². The van der Waals surface area contributed by atoms with Crippen molar-refractivity contribution in [3.8, 4) is 17.0 Å². The Labute approximate surface area is 130 Å². The average molecular weight is 299 g/mol. The minimum absolute atomic E-state index is 0.00270. The van der Waals surface area contributed by atoms with Crippen molar-refractivity contribution in [1.29, 1.82) is 0 Å². The molecule has 0 radical (unpaired) electrons. The molecule has 0 aliphatic heterocycles. The Bertz CT molecular complexity index is 719. The van der Waals surface area contributed by atoms with Gasteiger partial charge in [0.05, 0.1) is 17.9 Å². The van der Waals surface area contributed by atoms with Crippen LogP contribution < -0.4 is 10.3 Å². The van der Waals surface area contributed by atoms with Crippen LogP contribution in [0.15, 0.2) is 41.2 Å². The zero-order valence-electron chi connectivity index (χ0n) is 13.2. The Balaban J connectivity index is 2.73. The van der Waals surface area contributed by atoms with Crippen LogP contribution in [0.5, 0.6) is 5.75 Å². The highest BCUT2D eigenvalue weighted by atomic mass is 16.5. The Kier molecular flexibility index (Phi) is 5.15. The molecule has 2 rings (SSSR count). The topological polar surface area (TPSA) is 48.3 Å². The van der Waals surface area contributed by atoms with E-state index in [1.54, 1.807) is 10.6 Å². The molecule has 0 aliphatic carbocycles. The van der Waals surface area contributed by atoms with Gasteiger partial charge in [0, 0.05) is 11.6 Å². The lowest BCUT2D eigenvalue weighted by atomic mass is 10.1. The van der Waals surface area contributed by atoms with Crippen LogP contribution in [0.4, 0.5) is 0 Å². The number of para-hydroxylation sites is 1. The molecule has 0 bridgehead atoms. The molecule has 1 unspecified atom stereocenters. The minimum atomic E-state index is -0.256. The summed E-state index contributed by atoms with van der Waals surface area (Å²) in [6.07, 6.45) is 1.41. The predicted octanol–water partition coefficient (Wildman–Crippen LogP) is 3.70. The first kappa shape index (κ1) is 16.0. The van der Waals surface area contributed by atoms with Crippen molar-refractivity contribution >= 4 is 6.29 Å². The molecule has 4 nitrogen and oxygen atoms in total. The first-order chi connectivity index (χ1) is 10.6. The van der Waals surface area contributed by atoms with Gasteiger partial charge in [0.2, 0.25) is 0 Å². The molecule has 0 amide bonds. The van der Waals surface area contributed by atoms with Gasteiger partial charge in [0.15, 0.2) is 6.29 Å². The van der Waals surface area contributed by atoms with Crippen LogP contribution in [-0.4, -0.2) is 17.5 Å². The van der Waals surface area contributed by atoms with E-state index in [-0.39, 0.29) is 17.2 Å². The van der Waals surface area contributed by atoms with Gasteiger partial charge in [-0.05, 0) is 44.5 Å². The fourth-order valence-electron chi connectivity index (χ4n) is 2.46. The third-order valence-electron chi connectivity index (χ3n) is 3.77. The summed E-state index contributed by atoms with van der Waals surface area (Å²) in [4.78, 5) is 23.6. The van der Waals surface area contributed by atoms with E-state index in [1.807, 2.05) is 51.1 Å². The van der Waals surface area contributed by atoms with Crippen LogP contribution in [0.1, 0.15) is 43.6 Å². The van der Waals surface area contributed by atoms with E-state index in [0.717, 1.165) is 23.4 Å². The van der Waals surface area contributed by atoms with Crippen molar-refractivity contribution in [2.75, 3.05) is 6.61 Å². The summed E-state index contributed by atoms with van der Waals surface area (Å²) in [6.45, 7) is 6.47. The van der Waals surface area contributed by atoms with Gasteiger partial charge in [0.25, 0.3) is 5.56 Å². The van der Waals surface area contributed by atoms with Gasteiger partial charge >= 0.3 is 0 Å². The molecule has 0 saturated heterocycles. The standard InChI is InChI=1S/C18H21NO3/c1-4-13(3)19-16(11-10-14(12-20)18(19)21)15-8-6-7-9-17(15)22-5-2/h6-13H,4-5H2,1-3H3. The molecule has 22 heavy (non-hydrogen) atoms. The van der Waals surface area contributed by atoms with E-state index in [1.165, 1.54) is 0 Å². The zero-order chi connectivity index (χ0) is 16.1. The van der Waals surface area contributed by atoms with Crippen molar-refractivity contribution in [3.63, 3.8) is 0 Å². The molecule has 1 atom stereocenters. The molecular formula is C18H21NO3. The number of pyridine rings is 1. The van der Waals surface area contributed by atoms with Gasteiger partial charge in [-0.15, -0.1) is 0 Å². The number of carbonyl (C=O) groups excluding carboxylic acids is 1. The van der Waals surface area contributed by atoms with E-state index in [4.69, 9.17) is 4.74 Å². The second-order valence-electron chi connectivity index (χ2n) is 5.15. The number of rotatable bonds is 6. The monoisotopic (exact) mass is 299 g/mol. The normalized spacial score (nSPS) is 12.0. The van der Waals surface area contributed by atoms with Crippen molar-refractivity contribution in [2.24, 2.45) is 0 Å². The van der Waals surface area contributed by atoms with Gasteiger partial charge in [-0.1, -0.05) is 19.1 Å². The third kappa shape index (κ3) is 2.96. The summed E-state index contributed by atoms with van der Waals surface area (Å²) in [7, 11) is 0. The number of hydrogen-bond donors (Lipinski definition) is 0. The van der Waals surface area contributed by atoms with E-state index in [0.29, 0.717) is 12.9 Å². The maximum Gasteiger partial charge on any atom is 0.261 e. The first-order valence-electron chi connectivity index (χ1n) is 7.56. The van der Waals surface area contributed by atoms with Gasteiger partial charge in [0.1, 0.15) is 5.75 Å². The maximum absolute atomic E-state index is 12.6. The van der Waals surface area contributed by atoms with Crippen LogP contribution in [0.2, 0.25) is 0 Å². The molecule has 0 aliphatic rings. The summed E-state index contributed by atoms with van der Waals surface area (Å²) in [5.41, 5.74) is 1.55. The van der Waals surface area contributed by atoms with Crippen molar-refractivity contribution < 1.29 is 9.53 Å². The van der Waals surface area contributed by atoms with Gasteiger partial charge in [-0.25, -0.2) is 0 Å². The molecule has 4 heteroatoms. The van der Waals surface area contributed by atoms with E-state index in [9.17, 15) is 9.59 Å². The first-order valence-corrected chi connectivity index (χ1v) is 7.56. The molecule has 0 saturated carbocycles. The smallest absolute Gasteiger partial charge is 0.261 e. The number of ether oxygens (including phenoxy) is 1. The molecule has 1 aromatic carbocycles. The predicted molar refractivity (Wildman–Crippen MR) is 87.7 cm³/mol. The SMILES string of the molecule is CCOc1ccccc1-c1ccc(C=O)c(=O)n1C(C)CC. The Morgan fingerprint density at radius 2 is 1.91 bits per heavy atom. The van der Waals surface area contributed by atoms with Crippen molar-refractivity contribution in [1.82, 2.24) is 4.57 Å². The molecule has 2 aromatic rings. The summed E-state index contributed by atoms with van der Waals surface area (Å²) < 4.78 is 7.35.